The van der Waals surface area contributed by atoms with Crippen molar-refractivity contribution in [2.45, 2.75) is 6.43 Å². The van der Waals surface area contributed by atoms with Crippen molar-refractivity contribution in [2.75, 3.05) is 0 Å². The van der Waals surface area contributed by atoms with E-state index in [2.05, 4.69) is 4.98 Å². The highest BCUT2D eigenvalue weighted by atomic mass is 127. The lowest BCUT2D eigenvalue weighted by Gasteiger charge is -2.04. The van der Waals surface area contributed by atoms with Crippen LogP contribution in [0.5, 0.6) is 0 Å². The quantitative estimate of drug-likeness (QED) is 0.393. The van der Waals surface area contributed by atoms with E-state index in [4.69, 9.17) is 5.11 Å². The van der Waals surface area contributed by atoms with Crippen LogP contribution in [0.3, 0.4) is 0 Å². The SMILES string of the molecule is O=C(O)c1cc([N+](=O)[O-])c(I)nc1C(F)F. The number of halogens is 3. The van der Waals surface area contributed by atoms with E-state index in [0.29, 0.717) is 6.07 Å². The van der Waals surface area contributed by atoms with Crippen LogP contribution in [0.15, 0.2) is 6.07 Å². The molecule has 1 N–H and O–H groups in total. The van der Waals surface area contributed by atoms with Gasteiger partial charge in [-0.05, 0) is 22.6 Å². The normalized spacial score (nSPS) is 10.5. The van der Waals surface area contributed by atoms with Gasteiger partial charge in [0.05, 0.1) is 10.5 Å². The Hall–Kier alpha value is -1.39. The lowest BCUT2D eigenvalue weighted by molar-refractivity contribution is -0.386. The summed E-state index contributed by atoms with van der Waals surface area (Å²) < 4.78 is 24.5. The number of aromatic nitrogens is 1. The second kappa shape index (κ2) is 4.63. The molecule has 1 rings (SSSR count). The average Bonchev–Trinajstić information content (AvgIpc) is 2.15. The highest BCUT2D eigenvalue weighted by molar-refractivity contribution is 14.1. The van der Waals surface area contributed by atoms with Crippen LogP contribution in [0, 0.1) is 13.8 Å². The molecule has 0 aromatic carbocycles. The lowest BCUT2D eigenvalue weighted by Crippen LogP contribution is -2.08. The molecule has 1 heterocycles. The van der Waals surface area contributed by atoms with Crippen LogP contribution in [0.25, 0.3) is 0 Å². The molecule has 86 valence electrons. The zero-order chi connectivity index (χ0) is 12.5. The second-order valence-corrected chi connectivity index (χ2v) is 3.62. The molecule has 0 fully saturated rings. The number of carbonyl (C=O) groups is 1. The van der Waals surface area contributed by atoms with Crippen molar-refractivity contribution in [3.8, 4) is 0 Å². The maximum absolute atomic E-state index is 12.4. The molecule has 0 amide bonds. The number of nitro groups is 1. The Labute approximate surface area is 101 Å². The van der Waals surface area contributed by atoms with Gasteiger partial charge in [-0.1, -0.05) is 0 Å². The third-order valence-corrected chi connectivity index (χ3v) is 2.41. The van der Waals surface area contributed by atoms with E-state index in [1.165, 1.54) is 22.6 Å². The summed E-state index contributed by atoms with van der Waals surface area (Å²) in [7, 11) is 0. The van der Waals surface area contributed by atoms with Crippen LogP contribution >= 0.6 is 22.6 Å². The molecule has 0 unspecified atom stereocenters. The van der Waals surface area contributed by atoms with E-state index >= 15 is 0 Å². The van der Waals surface area contributed by atoms with Gasteiger partial charge in [-0.2, -0.15) is 0 Å². The molecule has 0 atom stereocenters. The zero-order valence-electron chi connectivity index (χ0n) is 7.35. The summed E-state index contributed by atoms with van der Waals surface area (Å²) in [4.78, 5) is 23.4. The monoisotopic (exact) mass is 344 g/mol. The van der Waals surface area contributed by atoms with Crippen molar-refractivity contribution in [1.82, 2.24) is 4.98 Å². The Bertz CT molecular complexity index is 466. The standard InChI is InChI=1S/C7H3F2IN2O4/c8-5(9)4-2(7(13)14)1-3(12(15)16)6(10)11-4/h1,5H,(H,13,14). The average molecular weight is 344 g/mol. The van der Waals surface area contributed by atoms with Gasteiger partial charge in [-0.25, -0.2) is 18.6 Å². The molecule has 0 aliphatic heterocycles. The fourth-order valence-corrected chi connectivity index (χ4v) is 1.57. The van der Waals surface area contributed by atoms with Crippen molar-refractivity contribution in [3.05, 3.63) is 31.1 Å². The van der Waals surface area contributed by atoms with Crippen molar-refractivity contribution >= 4 is 34.2 Å². The van der Waals surface area contributed by atoms with Gasteiger partial charge >= 0.3 is 11.7 Å². The molecule has 0 spiro atoms. The molecule has 0 aliphatic carbocycles. The first-order valence-electron chi connectivity index (χ1n) is 3.71. The topological polar surface area (TPSA) is 93.3 Å². The molecular formula is C7H3F2IN2O4. The van der Waals surface area contributed by atoms with Gasteiger partial charge in [-0.3, -0.25) is 10.1 Å². The van der Waals surface area contributed by atoms with Gasteiger partial charge in [0, 0.05) is 6.07 Å². The molecule has 9 heteroatoms. The molecule has 6 nitrogen and oxygen atoms in total. The summed E-state index contributed by atoms with van der Waals surface area (Å²) >= 11 is 1.40. The van der Waals surface area contributed by atoms with Crippen molar-refractivity contribution < 1.29 is 23.6 Å². The molecule has 0 aliphatic rings. The first-order chi connectivity index (χ1) is 7.34. The van der Waals surface area contributed by atoms with Crippen LogP contribution in [0.4, 0.5) is 14.5 Å². The van der Waals surface area contributed by atoms with Crippen LogP contribution < -0.4 is 0 Å². The predicted octanol–water partition coefficient (Wildman–Crippen LogP) is 2.23. The van der Waals surface area contributed by atoms with Crippen LogP contribution in [0.2, 0.25) is 0 Å². The summed E-state index contributed by atoms with van der Waals surface area (Å²) in [6.07, 6.45) is -3.10. The van der Waals surface area contributed by atoms with Crippen molar-refractivity contribution in [2.24, 2.45) is 0 Å². The third kappa shape index (κ3) is 2.40. The Balaban J connectivity index is 3.49. The highest BCUT2D eigenvalue weighted by Gasteiger charge is 2.26. The maximum Gasteiger partial charge on any atom is 0.338 e. The number of rotatable bonds is 3. The lowest BCUT2D eigenvalue weighted by atomic mass is 10.2. The Kier molecular flexibility index (Phi) is 3.67. The number of carboxylic acids is 1. The summed E-state index contributed by atoms with van der Waals surface area (Å²) in [5, 5.41) is 19.1. The number of hydrogen-bond donors (Lipinski definition) is 1. The van der Waals surface area contributed by atoms with Gasteiger partial charge < -0.3 is 5.11 Å². The molecule has 0 saturated heterocycles. The van der Waals surface area contributed by atoms with E-state index in [1.54, 1.807) is 0 Å². The number of pyridine rings is 1. The Morgan fingerprint density at radius 1 is 1.62 bits per heavy atom. The number of alkyl halides is 2. The van der Waals surface area contributed by atoms with E-state index < -0.39 is 34.3 Å². The van der Waals surface area contributed by atoms with Crippen LogP contribution in [0.1, 0.15) is 22.5 Å². The van der Waals surface area contributed by atoms with Crippen molar-refractivity contribution in [3.63, 3.8) is 0 Å². The molecule has 1 aromatic rings. The summed E-state index contributed by atoms with van der Waals surface area (Å²) in [5.74, 6) is -1.68. The Morgan fingerprint density at radius 3 is 2.56 bits per heavy atom. The van der Waals surface area contributed by atoms with E-state index in [1.807, 2.05) is 0 Å². The molecule has 1 aromatic heterocycles. The largest absolute Gasteiger partial charge is 0.478 e. The molecule has 0 saturated carbocycles. The first-order valence-corrected chi connectivity index (χ1v) is 4.78. The minimum atomic E-state index is -3.10. The van der Waals surface area contributed by atoms with Crippen LogP contribution in [-0.4, -0.2) is 21.0 Å². The molecule has 0 radical (unpaired) electrons. The maximum atomic E-state index is 12.4. The van der Waals surface area contributed by atoms with Gasteiger partial charge in [0.25, 0.3) is 6.43 Å². The summed E-state index contributed by atoms with van der Waals surface area (Å²) in [6, 6.07) is 0.582. The highest BCUT2D eigenvalue weighted by Crippen LogP contribution is 2.27. The van der Waals surface area contributed by atoms with Gasteiger partial charge in [0.1, 0.15) is 5.69 Å². The van der Waals surface area contributed by atoms with Crippen molar-refractivity contribution in [1.29, 1.82) is 0 Å². The fraction of sp³-hybridized carbons (Fsp3) is 0.143. The van der Waals surface area contributed by atoms with E-state index in [9.17, 15) is 23.7 Å². The van der Waals surface area contributed by atoms with Gasteiger partial charge in [-0.15, -0.1) is 0 Å². The zero-order valence-corrected chi connectivity index (χ0v) is 9.51. The molecular weight excluding hydrogens is 341 g/mol. The minimum Gasteiger partial charge on any atom is -0.478 e. The number of nitrogens with zero attached hydrogens (tertiary/aromatic N) is 2. The van der Waals surface area contributed by atoms with Gasteiger partial charge in [0.2, 0.25) is 0 Å². The minimum absolute atomic E-state index is 0.275. The third-order valence-electron chi connectivity index (χ3n) is 1.62. The summed E-state index contributed by atoms with van der Waals surface area (Å²) in [5.41, 5.74) is -2.44. The first kappa shape index (κ1) is 12.7. The number of carboxylic acid groups (broad SMARTS) is 1. The molecule has 0 bridgehead atoms. The fourth-order valence-electron chi connectivity index (χ4n) is 0.959. The van der Waals surface area contributed by atoms with E-state index in [-0.39, 0.29) is 3.70 Å². The predicted molar refractivity (Wildman–Crippen MR) is 55.5 cm³/mol. The smallest absolute Gasteiger partial charge is 0.338 e. The van der Waals surface area contributed by atoms with Gasteiger partial charge in [0.15, 0.2) is 3.70 Å². The van der Waals surface area contributed by atoms with E-state index in [0.717, 1.165) is 0 Å². The van der Waals surface area contributed by atoms with Crippen LogP contribution in [-0.2, 0) is 0 Å². The summed E-state index contributed by atoms with van der Waals surface area (Å²) in [6.45, 7) is 0. The Morgan fingerprint density at radius 2 is 2.19 bits per heavy atom. The number of hydrogen-bond acceptors (Lipinski definition) is 4. The number of aromatic carboxylic acids is 1. The second-order valence-electron chi connectivity index (χ2n) is 2.59. The molecule has 16 heavy (non-hydrogen) atoms.